The summed E-state index contributed by atoms with van der Waals surface area (Å²) in [5, 5.41) is 8.03. The van der Waals surface area contributed by atoms with Gasteiger partial charge in [-0.2, -0.15) is 5.10 Å². The Morgan fingerprint density at radius 3 is 2.50 bits per heavy atom. The molecule has 0 aliphatic rings. The number of unbranched alkanes of at least 4 members (excludes halogenated alkanes) is 2. The first-order valence-electron chi connectivity index (χ1n) is 6.31. The second-order valence-electron chi connectivity index (χ2n) is 4.59. The van der Waals surface area contributed by atoms with Crippen LogP contribution < -0.4 is 5.32 Å². The summed E-state index contributed by atoms with van der Waals surface area (Å²) in [5.74, 6) is 0. The molecule has 0 spiro atoms. The van der Waals surface area contributed by atoms with Crippen LogP contribution >= 0.6 is 0 Å². The van der Waals surface area contributed by atoms with Crippen molar-refractivity contribution in [1.29, 1.82) is 0 Å². The number of nitrogens with one attached hydrogen (secondary N) is 1. The maximum absolute atomic E-state index is 4.45. The Morgan fingerprint density at radius 2 is 2.00 bits per heavy atom. The molecule has 0 aliphatic heterocycles. The molecule has 0 bridgehead atoms. The maximum atomic E-state index is 4.45. The van der Waals surface area contributed by atoms with Crippen LogP contribution in [0, 0.1) is 13.8 Å². The van der Waals surface area contributed by atoms with Gasteiger partial charge >= 0.3 is 0 Å². The molecular formula is C13H25N3. The van der Waals surface area contributed by atoms with Gasteiger partial charge in [0, 0.05) is 24.3 Å². The van der Waals surface area contributed by atoms with E-state index in [0.717, 1.165) is 12.2 Å². The van der Waals surface area contributed by atoms with Crippen LogP contribution in [0.1, 0.15) is 56.1 Å². The Hall–Kier alpha value is -0.830. The lowest BCUT2D eigenvalue weighted by Gasteiger charge is -2.14. The average molecular weight is 223 g/mol. The third-order valence-corrected chi connectivity index (χ3v) is 3.23. The minimum atomic E-state index is 0.408. The van der Waals surface area contributed by atoms with E-state index in [1.165, 1.54) is 30.5 Å². The van der Waals surface area contributed by atoms with Crippen molar-refractivity contribution < 1.29 is 0 Å². The zero-order valence-electron chi connectivity index (χ0n) is 11.3. The van der Waals surface area contributed by atoms with Crippen molar-refractivity contribution in [2.45, 2.75) is 53.0 Å². The normalized spacial score (nSPS) is 13.1. The van der Waals surface area contributed by atoms with Crippen molar-refractivity contribution >= 4 is 0 Å². The Bertz CT molecular complexity index is 328. The molecule has 1 heterocycles. The predicted molar refractivity (Wildman–Crippen MR) is 68.6 cm³/mol. The van der Waals surface area contributed by atoms with Crippen molar-refractivity contribution in [2.75, 3.05) is 6.54 Å². The quantitative estimate of drug-likeness (QED) is 0.752. The third kappa shape index (κ3) is 3.08. The highest BCUT2D eigenvalue weighted by molar-refractivity contribution is 5.27. The molecule has 0 fully saturated rings. The molecule has 0 amide bonds. The minimum Gasteiger partial charge on any atom is -0.310 e. The lowest BCUT2D eigenvalue weighted by atomic mass is 10.1. The van der Waals surface area contributed by atoms with E-state index in [4.69, 9.17) is 0 Å². The summed E-state index contributed by atoms with van der Waals surface area (Å²) in [6, 6.07) is 0.408. The van der Waals surface area contributed by atoms with E-state index in [9.17, 15) is 0 Å². The van der Waals surface area contributed by atoms with E-state index < -0.39 is 0 Å². The largest absolute Gasteiger partial charge is 0.310 e. The fourth-order valence-corrected chi connectivity index (χ4v) is 2.21. The molecular weight excluding hydrogens is 198 g/mol. The molecule has 0 radical (unpaired) electrons. The summed E-state index contributed by atoms with van der Waals surface area (Å²) in [4.78, 5) is 0. The van der Waals surface area contributed by atoms with Gasteiger partial charge in [0.15, 0.2) is 0 Å². The van der Waals surface area contributed by atoms with Gasteiger partial charge in [-0.25, -0.2) is 0 Å². The summed E-state index contributed by atoms with van der Waals surface area (Å²) in [6.45, 7) is 9.79. The highest BCUT2D eigenvalue weighted by Gasteiger charge is 2.15. The van der Waals surface area contributed by atoms with Gasteiger partial charge in [-0.15, -0.1) is 0 Å². The van der Waals surface area contributed by atoms with E-state index in [1.807, 2.05) is 11.7 Å². The molecule has 1 atom stereocenters. The topological polar surface area (TPSA) is 29.9 Å². The maximum Gasteiger partial charge on any atom is 0.0644 e. The van der Waals surface area contributed by atoms with Gasteiger partial charge in [-0.05, 0) is 33.7 Å². The third-order valence-electron chi connectivity index (χ3n) is 3.23. The Labute approximate surface area is 99.2 Å². The molecule has 3 nitrogen and oxygen atoms in total. The van der Waals surface area contributed by atoms with Gasteiger partial charge in [-0.1, -0.05) is 19.8 Å². The van der Waals surface area contributed by atoms with Crippen molar-refractivity contribution in [2.24, 2.45) is 7.05 Å². The zero-order valence-corrected chi connectivity index (χ0v) is 11.3. The van der Waals surface area contributed by atoms with Crippen LogP contribution in [0.4, 0.5) is 0 Å². The van der Waals surface area contributed by atoms with Crippen molar-refractivity contribution in [1.82, 2.24) is 15.1 Å². The number of hydrogen-bond acceptors (Lipinski definition) is 2. The monoisotopic (exact) mass is 223 g/mol. The smallest absolute Gasteiger partial charge is 0.0644 e. The van der Waals surface area contributed by atoms with Gasteiger partial charge in [0.1, 0.15) is 0 Å². The van der Waals surface area contributed by atoms with E-state index in [1.54, 1.807) is 0 Å². The molecule has 1 aromatic heterocycles. The number of rotatable bonds is 6. The second kappa shape index (κ2) is 6.04. The first-order valence-corrected chi connectivity index (χ1v) is 6.31. The van der Waals surface area contributed by atoms with E-state index in [0.29, 0.717) is 6.04 Å². The molecule has 0 aliphatic carbocycles. The summed E-state index contributed by atoms with van der Waals surface area (Å²) < 4.78 is 1.97. The van der Waals surface area contributed by atoms with Crippen LogP contribution in [0.3, 0.4) is 0 Å². The van der Waals surface area contributed by atoms with Crippen LogP contribution in [-0.2, 0) is 7.05 Å². The van der Waals surface area contributed by atoms with E-state index >= 15 is 0 Å². The summed E-state index contributed by atoms with van der Waals surface area (Å²) in [6.07, 6.45) is 3.85. The second-order valence-corrected chi connectivity index (χ2v) is 4.59. The van der Waals surface area contributed by atoms with E-state index in [-0.39, 0.29) is 0 Å². The summed E-state index contributed by atoms with van der Waals surface area (Å²) in [7, 11) is 2.01. The molecule has 1 N–H and O–H groups in total. The first kappa shape index (κ1) is 13.2. The van der Waals surface area contributed by atoms with Gasteiger partial charge in [-0.3, -0.25) is 4.68 Å². The average Bonchev–Trinajstić information content (AvgIpc) is 2.48. The lowest BCUT2D eigenvalue weighted by molar-refractivity contribution is 0.540. The van der Waals surface area contributed by atoms with E-state index in [2.05, 4.69) is 38.1 Å². The highest BCUT2D eigenvalue weighted by Crippen LogP contribution is 2.20. The number of nitrogens with zero attached hydrogens (tertiary/aromatic N) is 2. The first-order chi connectivity index (χ1) is 7.57. The standard InChI is InChI=1S/C13H25N3/c1-6-7-8-9-14-10(2)13-11(3)15-16(5)12(13)4/h10,14H,6-9H2,1-5H3. The van der Waals surface area contributed by atoms with Crippen LogP contribution in [-0.4, -0.2) is 16.3 Å². The number of hydrogen-bond donors (Lipinski definition) is 1. The Kier molecular flexibility index (Phi) is 5.00. The number of aryl methyl sites for hydroxylation is 2. The van der Waals surface area contributed by atoms with Crippen molar-refractivity contribution in [3.8, 4) is 0 Å². The Balaban J connectivity index is 2.55. The predicted octanol–water partition coefficient (Wildman–Crippen LogP) is 2.88. The molecule has 1 aromatic rings. The Morgan fingerprint density at radius 1 is 1.31 bits per heavy atom. The van der Waals surface area contributed by atoms with Crippen molar-refractivity contribution in [3.63, 3.8) is 0 Å². The molecule has 0 aromatic carbocycles. The molecule has 1 rings (SSSR count). The van der Waals surface area contributed by atoms with Crippen LogP contribution in [0.15, 0.2) is 0 Å². The van der Waals surface area contributed by atoms with Gasteiger partial charge in [0.25, 0.3) is 0 Å². The molecule has 0 saturated heterocycles. The SMILES string of the molecule is CCCCCNC(C)c1c(C)nn(C)c1C. The van der Waals surface area contributed by atoms with Crippen LogP contribution in [0.2, 0.25) is 0 Å². The van der Waals surface area contributed by atoms with Crippen LogP contribution in [0.25, 0.3) is 0 Å². The van der Waals surface area contributed by atoms with Crippen LogP contribution in [0.5, 0.6) is 0 Å². The highest BCUT2D eigenvalue weighted by atomic mass is 15.3. The van der Waals surface area contributed by atoms with Gasteiger partial charge in [0.05, 0.1) is 5.69 Å². The molecule has 0 saturated carbocycles. The fourth-order valence-electron chi connectivity index (χ4n) is 2.21. The summed E-state index contributed by atoms with van der Waals surface area (Å²) >= 11 is 0. The van der Waals surface area contributed by atoms with Crippen molar-refractivity contribution in [3.05, 3.63) is 17.0 Å². The van der Waals surface area contributed by atoms with Gasteiger partial charge < -0.3 is 5.32 Å². The summed E-state index contributed by atoms with van der Waals surface area (Å²) in [5.41, 5.74) is 3.78. The number of aromatic nitrogens is 2. The van der Waals surface area contributed by atoms with Gasteiger partial charge in [0.2, 0.25) is 0 Å². The molecule has 92 valence electrons. The fraction of sp³-hybridized carbons (Fsp3) is 0.769. The molecule has 16 heavy (non-hydrogen) atoms. The zero-order chi connectivity index (χ0) is 12.1. The lowest BCUT2D eigenvalue weighted by Crippen LogP contribution is -2.20. The molecule has 3 heteroatoms. The minimum absolute atomic E-state index is 0.408. The molecule has 1 unspecified atom stereocenters.